The van der Waals surface area contributed by atoms with E-state index in [0.29, 0.717) is 11.7 Å². The molecule has 12 heavy (non-hydrogen) atoms. The van der Waals surface area contributed by atoms with Crippen LogP contribution in [0, 0.1) is 0 Å². The maximum atomic E-state index is 8.68. The highest BCUT2D eigenvalue weighted by atomic mass is 16.5. The zero-order valence-corrected chi connectivity index (χ0v) is 6.66. The van der Waals surface area contributed by atoms with Crippen LogP contribution in [0.4, 0.5) is 0 Å². The fourth-order valence-corrected chi connectivity index (χ4v) is 1.38. The van der Waals surface area contributed by atoms with Crippen molar-refractivity contribution in [3.05, 3.63) is 11.7 Å². The molecular formula is C7H11N3O2. The van der Waals surface area contributed by atoms with E-state index in [-0.39, 0.29) is 12.6 Å². The molecule has 0 aromatic carbocycles. The molecule has 1 fully saturated rings. The first-order valence-corrected chi connectivity index (χ1v) is 4.07. The minimum absolute atomic E-state index is 0.181. The quantitative estimate of drug-likeness (QED) is 0.651. The first kappa shape index (κ1) is 7.70. The van der Waals surface area contributed by atoms with Crippen molar-refractivity contribution in [3.8, 4) is 0 Å². The van der Waals surface area contributed by atoms with Crippen LogP contribution in [-0.4, -0.2) is 21.8 Å². The summed E-state index contributed by atoms with van der Waals surface area (Å²) in [5.74, 6) is 0.954. The van der Waals surface area contributed by atoms with Crippen molar-refractivity contribution < 1.29 is 9.63 Å². The molecule has 1 aliphatic rings. The Morgan fingerprint density at radius 1 is 1.67 bits per heavy atom. The molecule has 0 spiro atoms. The van der Waals surface area contributed by atoms with E-state index in [1.807, 2.05) is 0 Å². The second-order valence-corrected chi connectivity index (χ2v) is 2.85. The Kier molecular flexibility index (Phi) is 2.05. The fourth-order valence-electron chi connectivity index (χ4n) is 1.38. The van der Waals surface area contributed by atoms with Crippen LogP contribution in [-0.2, 0) is 6.61 Å². The molecule has 2 heterocycles. The highest BCUT2D eigenvalue weighted by molar-refractivity contribution is 4.95. The van der Waals surface area contributed by atoms with Crippen molar-refractivity contribution in [1.82, 2.24) is 15.5 Å². The molecule has 1 aliphatic heterocycles. The monoisotopic (exact) mass is 169 g/mol. The van der Waals surface area contributed by atoms with Crippen molar-refractivity contribution in [2.24, 2.45) is 0 Å². The summed E-state index contributed by atoms with van der Waals surface area (Å²) in [6, 6.07) is 0.217. The smallest absolute Gasteiger partial charge is 0.252 e. The molecule has 0 radical (unpaired) electrons. The van der Waals surface area contributed by atoms with Gasteiger partial charge >= 0.3 is 0 Å². The van der Waals surface area contributed by atoms with Gasteiger partial charge in [0.15, 0.2) is 5.82 Å². The van der Waals surface area contributed by atoms with Crippen molar-refractivity contribution in [3.63, 3.8) is 0 Å². The third-order valence-corrected chi connectivity index (χ3v) is 1.99. The van der Waals surface area contributed by atoms with E-state index in [0.717, 1.165) is 19.4 Å². The van der Waals surface area contributed by atoms with Crippen LogP contribution < -0.4 is 5.32 Å². The van der Waals surface area contributed by atoms with Crippen LogP contribution in [0.2, 0.25) is 0 Å². The molecule has 0 bridgehead atoms. The molecule has 0 amide bonds. The molecule has 66 valence electrons. The van der Waals surface area contributed by atoms with Crippen molar-refractivity contribution >= 4 is 0 Å². The highest BCUT2D eigenvalue weighted by Crippen LogP contribution is 2.19. The zero-order chi connectivity index (χ0) is 8.39. The lowest BCUT2D eigenvalue weighted by Crippen LogP contribution is -2.14. The van der Waals surface area contributed by atoms with Gasteiger partial charge in [-0.2, -0.15) is 4.98 Å². The molecule has 0 aliphatic carbocycles. The second kappa shape index (κ2) is 3.20. The molecule has 2 rings (SSSR count). The topological polar surface area (TPSA) is 71.2 Å². The summed E-state index contributed by atoms with van der Waals surface area (Å²) in [7, 11) is 0. The second-order valence-electron chi connectivity index (χ2n) is 2.85. The Bertz CT molecular complexity index is 255. The first-order chi connectivity index (χ1) is 5.90. The number of aromatic nitrogens is 2. The molecule has 1 saturated heterocycles. The molecule has 1 aromatic rings. The summed E-state index contributed by atoms with van der Waals surface area (Å²) in [6.07, 6.45) is 2.19. The van der Waals surface area contributed by atoms with Gasteiger partial charge in [0.25, 0.3) is 5.89 Å². The number of nitrogens with zero attached hydrogens (tertiary/aromatic N) is 2. The summed E-state index contributed by atoms with van der Waals surface area (Å²) in [6.45, 7) is 0.827. The van der Waals surface area contributed by atoms with Crippen molar-refractivity contribution in [1.29, 1.82) is 0 Å². The van der Waals surface area contributed by atoms with Crippen LogP contribution in [0.5, 0.6) is 0 Å². The highest BCUT2D eigenvalue weighted by Gasteiger charge is 2.21. The van der Waals surface area contributed by atoms with Crippen LogP contribution in [0.15, 0.2) is 4.52 Å². The van der Waals surface area contributed by atoms with E-state index in [9.17, 15) is 0 Å². The number of aliphatic hydroxyl groups excluding tert-OH is 1. The average Bonchev–Trinajstić information content (AvgIpc) is 2.75. The number of hydrogen-bond acceptors (Lipinski definition) is 5. The first-order valence-electron chi connectivity index (χ1n) is 4.07. The third kappa shape index (κ3) is 1.33. The average molecular weight is 169 g/mol. The van der Waals surface area contributed by atoms with Crippen molar-refractivity contribution in [2.45, 2.75) is 25.5 Å². The Morgan fingerprint density at radius 2 is 2.58 bits per heavy atom. The van der Waals surface area contributed by atoms with Crippen LogP contribution in [0.3, 0.4) is 0 Å². The van der Waals surface area contributed by atoms with Gasteiger partial charge < -0.3 is 14.9 Å². The van der Waals surface area contributed by atoms with E-state index in [4.69, 9.17) is 9.63 Å². The Labute approximate surface area is 69.8 Å². The van der Waals surface area contributed by atoms with Crippen molar-refractivity contribution in [2.75, 3.05) is 6.54 Å². The minimum Gasteiger partial charge on any atom is -0.387 e. The summed E-state index contributed by atoms with van der Waals surface area (Å²) in [5, 5.41) is 15.7. The molecule has 5 nitrogen and oxygen atoms in total. The number of hydrogen-bond donors (Lipinski definition) is 2. The van der Waals surface area contributed by atoms with E-state index in [2.05, 4.69) is 15.5 Å². The van der Waals surface area contributed by atoms with E-state index in [1.165, 1.54) is 0 Å². The maximum Gasteiger partial charge on any atom is 0.252 e. The summed E-state index contributed by atoms with van der Waals surface area (Å²) in [4.78, 5) is 4.02. The predicted octanol–water partition coefficient (Wildman–Crippen LogP) is -0.0136. The van der Waals surface area contributed by atoms with Crippen LogP contribution in [0.1, 0.15) is 30.6 Å². The van der Waals surface area contributed by atoms with Gasteiger partial charge in [0.1, 0.15) is 6.61 Å². The van der Waals surface area contributed by atoms with Gasteiger partial charge in [-0.15, -0.1) is 0 Å². The van der Waals surface area contributed by atoms with E-state index >= 15 is 0 Å². The Hall–Kier alpha value is -0.940. The van der Waals surface area contributed by atoms with Gasteiger partial charge in [0, 0.05) is 0 Å². The Morgan fingerprint density at radius 3 is 3.17 bits per heavy atom. The summed E-state index contributed by atoms with van der Waals surface area (Å²) < 4.78 is 4.78. The van der Waals surface area contributed by atoms with Crippen LogP contribution >= 0.6 is 0 Å². The molecule has 1 aromatic heterocycles. The summed E-state index contributed by atoms with van der Waals surface area (Å²) in [5.41, 5.74) is 0. The number of nitrogens with one attached hydrogen (secondary N) is 1. The minimum atomic E-state index is -0.181. The largest absolute Gasteiger partial charge is 0.387 e. The molecule has 5 heteroatoms. The van der Waals surface area contributed by atoms with Gasteiger partial charge in [-0.05, 0) is 19.4 Å². The summed E-state index contributed by atoms with van der Waals surface area (Å²) >= 11 is 0. The number of aliphatic hydroxyl groups is 1. The van der Waals surface area contributed by atoms with Crippen LogP contribution in [0.25, 0.3) is 0 Å². The van der Waals surface area contributed by atoms with E-state index < -0.39 is 0 Å². The molecule has 1 atom stereocenters. The molecule has 2 N–H and O–H groups in total. The van der Waals surface area contributed by atoms with Gasteiger partial charge in [-0.3, -0.25) is 0 Å². The lowest BCUT2D eigenvalue weighted by atomic mass is 10.2. The predicted molar refractivity (Wildman–Crippen MR) is 40.2 cm³/mol. The molecule has 1 unspecified atom stereocenters. The fraction of sp³-hybridized carbons (Fsp3) is 0.714. The molecular weight excluding hydrogens is 158 g/mol. The zero-order valence-electron chi connectivity index (χ0n) is 6.66. The van der Waals surface area contributed by atoms with Gasteiger partial charge in [-0.1, -0.05) is 5.16 Å². The normalized spacial score (nSPS) is 23.2. The molecule has 0 saturated carbocycles. The van der Waals surface area contributed by atoms with Gasteiger partial charge in [0.2, 0.25) is 0 Å². The Balaban J connectivity index is 2.11. The van der Waals surface area contributed by atoms with E-state index in [1.54, 1.807) is 0 Å². The van der Waals surface area contributed by atoms with Gasteiger partial charge in [0.05, 0.1) is 6.04 Å². The maximum absolute atomic E-state index is 8.68. The SMILES string of the molecule is OCc1nc(C2CCCN2)no1. The lowest BCUT2D eigenvalue weighted by Gasteiger charge is -2.01. The standard InChI is InChI=1S/C7H11N3O2/c11-4-6-9-7(10-12-6)5-2-1-3-8-5/h5,8,11H,1-4H2. The number of rotatable bonds is 2. The lowest BCUT2D eigenvalue weighted by molar-refractivity contribution is 0.222. The third-order valence-electron chi connectivity index (χ3n) is 1.99. The van der Waals surface area contributed by atoms with Gasteiger partial charge in [-0.25, -0.2) is 0 Å².